The third-order valence-electron chi connectivity index (χ3n) is 2.56. The Labute approximate surface area is 112 Å². The zero-order valence-electron chi connectivity index (χ0n) is 11.2. The van der Waals surface area contributed by atoms with E-state index in [0.717, 1.165) is 0 Å². The second-order valence-corrected chi connectivity index (χ2v) is 3.85. The third-order valence-corrected chi connectivity index (χ3v) is 2.56. The van der Waals surface area contributed by atoms with E-state index in [9.17, 15) is 4.79 Å². The number of nitrogens with zero attached hydrogens (tertiary/aromatic N) is 3. The molecule has 0 amide bonds. The van der Waals surface area contributed by atoms with E-state index in [4.69, 9.17) is 15.7 Å². The second kappa shape index (κ2) is 7.21. The Balaban J connectivity index is 3.10. The van der Waals surface area contributed by atoms with Crippen LogP contribution in [0.5, 0.6) is 0 Å². The number of hydrogen-bond acceptors (Lipinski definition) is 6. The molecule has 19 heavy (non-hydrogen) atoms. The lowest BCUT2D eigenvalue weighted by molar-refractivity contribution is 0.0526. The first-order chi connectivity index (χ1) is 9.13. The normalized spacial score (nSPS) is 9.74. The van der Waals surface area contributed by atoms with Gasteiger partial charge in [-0.3, -0.25) is 0 Å². The van der Waals surface area contributed by atoms with Gasteiger partial charge in [0, 0.05) is 13.1 Å². The fourth-order valence-corrected chi connectivity index (χ4v) is 1.68. The Morgan fingerprint density at radius 2 is 2.32 bits per heavy atom. The Kier molecular flexibility index (Phi) is 5.61. The first-order valence-corrected chi connectivity index (χ1v) is 6.18. The minimum Gasteiger partial charge on any atom is -0.462 e. The zero-order valence-corrected chi connectivity index (χ0v) is 11.2. The van der Waals surface area contributed by atoms with Crippen molar-refractivity contribution >= 4 is 17.5 Å². The van der Waals surface area contributed by atoms with E-state index >= 15 is 0 Å². The van der Waals surface area contributed by atoms with Gasteiger partial charge in [-0.25, -0.2) is 9.78 Å². The molecular weight excluding hydrogens is 244 g/mol. The number of anilines is 2. The molecule has 2 N–H and O–H groups in total. The van der Waals surface area contributed by atoms with E-state index in [1.54, 1.807) is 13.0 Å². The molecule has 0 bridgehead atoms. The van der Waals surface area contributed by atoms with Crippen molar-refractivity contribution < 1.29 is 9.53 Å². The van der Waals surface area contributed by atoms with E-state index < -0.39 is 5.97 Å². The second-order valence-electron chi connectivity index (χ2n) is 3.85. The number of carbonyl (C=O) groups excluding carboxylic acids is 1. The summed E-state index contributed by atoms with van der Waals surface area (Å²) in [5.41, 5.74) is 6.40. The van der Waals surface area contributed by atoms with Gasteiger partial charge in [-0.2, -0.15) is 5.26 Å². The van der Waals surface area contributed by atoms with Crippen LogP contribution in [0.15, 0.2) is 12.3 Å². The molecule has 1 aromatic rings. The van der Waals surface area contributed by atoms with Crippen molar-refractivity contribution in [1.29, 1.82) is 5.26 Å². The van der Waals surface area contributed by atoms with Crippen molar-refractivity contribution in [2.24, 2.45) is 0 Å². The summed E-state index contributed by atoms with van der Waals surface area (Å²) in [6, 6.07) is 3.63. The van der Waals surface area contributed by atoms with Crippen LogP contribution in [0.1, 0.15) is 30.6 Å². The zero-order chi connectivity index (χ0) is 14.3. The minimum atomic E-state index is -0.451. The first-order valence-electron chi connectivity index (χ1n) is 6.18. The van der Waals surface area contributed by atoms with E-state index in [1.165, 1.54) is 6.20 Å². The van der Waals surface area contributed by atoms with Crippen LogP contribution in [0.2, 0.25) is 0 Å². The van der Waals surface area contributed by atoms with Crippen molar-refractivity contribution in [1.82, 2.24) is 4.98 Å². The molecular formula is C13H18N4O2. The highest BCUT2D eigenvalue weighted by molar-refractivity contribution is 5.95. The molecule has 0 radical (unpaired) electrons. The number of carbonyl (C=O) groups is 1. The van der Waals surface area contributed by atoms with Crippen LogP contribution in [0.3, 0.4) is 0 Å². The number of nitrogen functional groups attached to an aromatic ring is 1. The number of pyridine rings is 1. The van der Waals surface area contributed by atoms with Gasteiger partial charge in [0.05, 0.1) is 31.0 Å². The topological polar surface area (TPSA) is 92.2 Å². The molecule has 102 valence electrons. The van der Waals surface area contributed by atoms with Crippen molar-refractivity contribution in [3.8, 4) is 6.07 Å². The fourth-order valence-electron chi connectivity index (χ4n) is 1.68. The van der Waals surface area contributed by atoms with Crippen LogP contribution in [0.25, 0.3) is 0 Å². The van der Waals surface area contributed by atoms with Crippen molar-refractivity contribution in [2.45, 2.75) is 20.3 Å². The van der Waals surface area contributed by atoms with Gasteiger partial charge in [0.2, 0.25) is 0 Å². The van der Waals surface area contributed by atoms with E-state index in [-0.39, 0.29) is 6.61 Å². The fraction of sp³-hybridized carbons (Fsp3) is 0.462. The Bertz CT molecular complexity index is 482. The van der Waals surface area contributed by atoms with Crippen LogP contribution in [0, 0.1) is 11.3 Å². The van der Waals surface area contributed by atoms with Gasteiger partial charge in [0.25, 0.3) is 0 Å². The number of nitriles is 1. The third kappa shape index (κ3) is 3.85. The number of aromatic nitrogens is 1. The summed E-state index contributed by atoms with van der Waals surface area (Å²) in [6.45, 7) is 5.12. The molecule has 0 atom stereocenters. The molecule has 0 aliphatic rings. The average Bonchev–Trinajstić information content (AvgIpc) is 2.41. The van der Waals surface area contributed by atoms with Crippen LogP contribution in [0.4, 0.5) is 11.5 Å². The number of esters is 1. The predicted octanol–water partition coefficient (Wildman–Crippen LogP) is 1.58. The maximum Gasteiger partial charge on any atom is 0.341 e. The first kappa shape index (κ1) is 14.8. The van der Waals surface area contributed by atoms with Gasteiger partial charge in [-0.1, -0.05) is 0 Å². The Morgan fingerprint density at radius 1 is 1.58 bits per heavy atom. The monoisotopic (exact) mass is 262 g/mol. The van der Waals surface area contributed by atoms with Gasteiger partial charge in [-0.05, 0) is 19.9 Å². The summed E-state index contributed by atoms with van der Waals surface area (Å²) in [7, 11) is 0. The number of rotatable bonds is 6. The summed E-state index contributed by atoms with van der Waals surface area (Å²) >= 11 is 0. The van der Waals surface area contributed by atoms with Gasteiger partial charge in [0.15, 0.2) is 0 Å². The standard InChI is InChI=1S/C13H18N4O2/c1-3-17(7-5-6-14)12-11(13(18)19-4-2)8-10(15)9-16-12/h8-9H,3-5,7,15H2,1-2H3. The molecule has 1 rings (SSSR count). The molecule has 0 unspecified atom stereocenters. The average molecular weight is 262 g/mol. The number of nitrogens with two attached hydrogens (primary N) is 1. The minimum absolute atomic E-state index is 0.289. The smallest absolute Gasteiger partial charge is 0.341 e. The largest absolute Gasteiger partial charge is 0.462 e. The van der Waals surface area contributed by atoms with Crippen molar-refractivity contribution in [3.63, 3.8) is 0 Å². The molecule has 0 saturated heterocycles. The van der Waals surface area contributed by atoms with Crippen molar-refractivity contribution in [2.75, 3.05) is 30.3 Å². The highest BCUT2D eigenvalue weighted by Gasteiger charge is 2.18. The maximum absolute atomic E-state index is 11.9. The highest BCUT2D eigenvalue weighted by Crippen LogP contribution is 2.21. The van der Waals surface area contributed by atoms with Gasteiger partial charge >= 0.3 is 5.97 Å². The lowest BCUT2D eigenvalue weighted by Crippen LogP contribution is -2.27. The van der Waals surface area contributed by atoms with Crippen LogP contribution >= 0.6 is 0 Å². The predicted molar refractivity (Wildman–Crippen MR) is 72.7 cm³/mol. The van der Waals surface area contributed by atoms with Crippen LogP contribution in [-0.2, 0) is 4.74 Å². The van der Waals surface area contributed by atoms with E-state index in [0.29, 0.717) is 36.6 Å². The molecule has 0 fully saturated rings. The molecule has 0 saturated carbocycles. The molecule has 1 heterocycles. The summed E-state index contributed by atoms with van der Waals surface area (Å²) in [6.07, 6.45) is 1.86. The van der Waals surface area contributed by atoms with Crippen LogP contribution in [-0.4, -0.2) is 30.6 Å². The van der Waals surface area contributed by atoms with E-state index in [1.807, 2.05) is 11.8 Å². The number of ether oxygens (including phenoxy) is 1. The summed E-state index contributed by atoms with van der Waals surface area (Å²) < 4.78 is 5.00. The molecule has 0 spiro atoms. The van der Waals surface area contributed by atoms with Gasteiger partial charge in [-0.15, -0.1) is 0 Å². The van der Waals surface area contributed by atoms with E-state index in [2.05, 4.69) is 11.1 Å². The quantitative estimate of drug-likeness (QED) is 0.782. The van der Waals surface area contributed by atoms with Gasteiger partial charge < -0.3 is 15.4 Å². The Hall–Kier alpha value is -2.29. The van der Waals surface area contributed by atoms with Crippen molar-refractivity contribution in [3.05, 3.63) is 17.8 Å². The molecule has 0 aromatic carbocycles. The molecule has 6 heteroatoms. The highest BCUT2D eigenvalue weighted by atomic mass is 16.5. The SMILES string of the molecule is CCOC(=O)c1cc(N)cnc1N(CC)CCC#N. The lowest BCUT2D eigenvalue weighted by atomic mass is 10.2. The summed E-state index contributed by atoms with van der Waals surface area (Å²) in [5, 5.41) is 8.66. The molecule has 6 nitrogen and oxygen atoms in total. The lowest BCUT2D eigenvalue weighted by Gasteiger charge is -2.22. The van der Waals surface area contributed by atoms with Crippen LogP contribution < -0.4 is 10.6 Å². The molecule has 1 aromatic heterocycles. The Morgan fingerprint density at radius 3 is 2.89 bits per heavy atom. The summed E-state index contributed by atoms with van der Waals surface area (Å²) in [4.78, 5) is 18.0. The molecule has 0 aliphatic heterocycles. The maximum atomic E-state index is 11.9. The van der Waals surface area contributed by atoms with Gasteiger partial charge in [0.1, 0.15) is 11.4 Å². The number of hydrogen-bond donors (Lipinski definition) is 1. The molecule has 0 aliphatic carbocycles. The summed E-state index contributed by atoms with van der Waals surface area (Å²) in [5.74, 6) is 0.0538.